The van der Waals surface area contributed by atoms with Crippen LogP contribution in [0.2, 0.25) is 0 Å². The Morgan fingerprint density at radius 2 is 2.08 bits per heavy atom. The van der Waals surface area contributed by atoms with Gasteiger partial charge >= 0.3 is 0 Å². The molecule has 1 heterocycles. The Bertz CT molecular complexity index is 538. The zero-order chi connectivity index (χ0) is 17.4. The van der Waals surface area contributed by atoms with Crippen molar-refractivity contribution in [2.45, 2.75) is 38.8 Å². The van der Waals surface area contributed by atoms with Gasteiger partial charge in [0.1, 0.15) is 6.04 Å². The SMILES string of the molecule is CCCN(C(=O)CC1CSCCN1)C(C)C(=O)Nc1ccccc1.Cl. The molecule has 140 valence electrons. The molecule has 1 fully saturated rings. The number of nitrogens with one attached hydrogen (secondary N) is 2. The number of hydrogen-bond donors (Lipinski definition) is 2. The lowest BCUT2D eigenvalue weighted by atomic mass is 10.1. The number of halogens is 1. The van der Waals surface area contributed by atoms with Crippen LogP contribution in [0.5, 0.6) is 0 Å². The number of benzene rings is 1. The van der Waals surface area contributed by atoms with Gasteiger partial charge in [0.25, 0.3) is 0 Å². The van der Waals surface area contributed by atoms with E-state index in [1.165, 1.54) is 0 Å². The van der Waals surface area contributed by atoms with Gasteiger partial charge in [-0.25, -0.2) is 0 Å². The van der Waals surface area contributed by atoms with Crippen LogP contribution in [0.15, 0.2) is 30.3 Å². The summed E-state index contributed by atoms with van der Waals surface area (Å²) >= 11 is 1.87. The van der Waals surface area contributed by atoms with Crippen molar-refractivity contribution in [3.8, 4) is 0 Å². The number of amides is 2. The van der Waals surface area contributed by atoms with Gasteiger partial charge in [0.05, 0.1) is 0 Å². The van der Waals surface area contributed by atoms with Crippen molar-refractivity contribution in [1.82, 2.24) is 10.2 Å². The van der Waals surface area contributed by atoms with Crippen LogP contribution < -0.4 is 10.6 Å². The van der Waals surface area contributed by atoms with Crippen molar-refractivity contribution in [3.05, 3.63) is 30.3 Å². The highest BCUT2D eigenvalue weighted by Crippen LogP contribution is 2.14. The number of para-hydroxylation sites is 1. The van der Waals surface area contributed by atoms with Crippen LogP contribution in [0.3, 0.4) is 0 Å². The molecule has 1 aliphatic heterocycles. The topological polar surface area (TPSA) is 61.4 Å². The van der Waals surface area contributed by atoms with E-state index in [2.05, 4.69) is 10.6 Å². The first-order chi connectivity index (χ1) is 11.6. The third kappa shape index (κ3) is 6.88. The fraction of sp³-hybridized carbons (Fsp3) is 0.556. The number of thioether (sulfide) groups is 1. The van der Waals surface area contributed by atoms with Crippen LogP contribution >= 0.6 is 24.2 Å². The summed E-state index contributed by atoms with van der Waals surface area (Å²) in [6.07, 6.45) is 1.29. The standard InChI is InChI=1S/C18H27N3O2S.ClH/c1-3-10-21(17(22)12-16-13-24-11-9-19-16)14(2)18(23)20-15-7-5-4-6-8-15;/h4-8,14,16,19H,3,9-13H2,1-2H3,(H,20,23);1H. The summed E-state index contributed by atoms with van der Waals surface area (Å²) in [5, 5.41) is 6.27. The third-order valence-corrected chi connectivity index (χ3v) is 5.22. The summed E-state index contributed by atoms with van der Waals surface area (Å²) in [5.74, 6) is 1.96. The largest absolute Gasteiger partial charge is 0.331 e. The zero-order valence-electron chi connectivity index (χ0n) is 14.9. The fourth-order valence-electron chi connectivity index (χ4n) is 2.76. The molecular weight excluding hydrogens is 358 g/mol. The predicted molar refractivity (Wildman–Crippen MR) is 108 cm³/mol. The first kappa shape index (κ1) is 21.8. The molecule has 7 heteroatoms. The summed E-state index contributed by atoms with van der Waals surface area (Å²) in [4.78, 5) is 26.9. The first-order valence-electron chi connectivity index (χ1n) is 8.58. The van der Waals surface area contributed by atoms with Gasteiger partial charge in [-0.15, -0.1) is 12.4 Å². The van der Waals surface area contributed by atoms with Crippen LogP contribution in [-0.4, -0.2) is 53.4 Å². The Morgan fingerprint density at radius 3 is 2.68 bits per heavy atom. The highest BCUT2D eigenvalue weighted by Gasteiger charge is 2.27. The fourth-order valence-corrected chi connectivity index (χ4v) is 3.71. The molecule has 0 aliphatic carbocycles. The normalized spacial score (nSPS) is 17.9. The van der Waals surface area contributed by atoms with Crippen molar-refractivity contribution in [2.24, 2.45) is 0 Å². The van der Waals surface area contributed by atoms with E-state index in [1.807, 2.05) is 49.0 Å². The van der Waals surface area contributed by atoms with Gasteiger partial charge in [0.15, 0.2) is 0 Å². The highest BCUT2D eigenvalue weighted by molar-refractivity contribution is 7.99. The van der Waals surface area contributed by atoms with Crippen LogP contribution in [0.25, 0.3) is 0 Å². The Morgan fingerprint density at radius 1 is 1.36 bits per heavy atom. The number of rotatable bonds is 7. The Labute approximate surface area is 160 Å². The average molecular weight is 386 g/mol. The smallest absolute Gasteiger partial charge is 0.246 e. The summed E-state index contributed by atoms with van der Waals surface area (Å²) in [6, 6.07) is 9.08. The second-order valence-corrected chi connectivity index (χ2v) is 7.20. The highest BCUT2D eigenvalue weighted by atomic mass is 35.5. The quantitative estimate of drug-likeness (QED) is 0.757. The maximum atomic E-state index is 12.7. The molecule has 2 atom stereocenters. The molecule has 2 unspecified atom stereocenters. The summed E-state index contributed by atoms with van der Waals surface area (Å²) < 4.78 is 0. The molecule has 0 radical (unpaired) electrons. The number of anilines is 1. The van der Waals surface area contributed by atoms with Crippen molar-refractivity contribution < 1.29 is 9.59 Å². The molecular formula is C18H28ClN3O2S. The number of carbonyl (C=O) groups excluding carboxylic acids is 2. The van der Waals surface area contributed by atoms with E-state index >= 15 is 0 Å². The maximum absolute atomic E-state index is 12.7. The molecule has 25 heavy (non-hydrogen) atoms. The van der Waals surface area contributed by atoms with Gasteiger partial charge in [-0.1, -0.05) is 25.1 Å². The van der Waals surface area contributed by atoms with Gasteiger partial charge in [-0.05, 0) is 25.5 Å². The van der Waals surface area contributed by atoms with Crippen LogP contribution in [0, 0.1) is 0 Å². The lowest BCUT2D eigenvalue weighted by molar-refractivity contribution is -0.138. The lowest BCUT2D eigenvalue weighted by Gasteiger charge is -2.31. The molecule has 0 spiro atoms. The van der Waals surface area contributed by atoms with Gasteiger partial charge in [-0.3, -0.25) is 9.59 Å². The number of nitrogens with zero attached hydrogens (tertiary/aromatic N) is 1. The minimum atomic E-state index is -0.478. The molecule has 1 aliphatic rings. The lowest BCUT2D eigenvalue weighted by Crippen LogP contribution is -2.49. The first-order valence-corrected chi connectivity index (χ1v) is 9.73. The zero-order valence-corrected chi connectivity index (χ0v) is 16.5. The number of carbonyl (C=O) groups is 2. The van der Waals surface area contributed by atoms with E-state index in [0.29, 0.717) is 13.0 Å². The van der Waals surface area contributed by atoms with Gasteiger partial charge < -0.3 is 15.5 Å². The van der Waals surface area contributed by atoms with E-state index in [-0.39, 0.29) is 30.3 Å². The molecule has 1 aromatic rings. The second-order valence-electron chi connectivity index (χ2n) is 6.05. The monoisotopic (exact) mass is 385 g/mol. The van der Waals surface area contributed by atoms with Gasteiger partial charge in [-0.2, -0.15) is 11.8 Å². The molecule has 1 aromatic carbocycles. The van der Waals surface area contributed by atoms with Crippen molar-refractivity contribution >= 4 is 41.7 Å². The van der Waals surface area contributed by atoms with E-state index in [4.69, 9.17) is 0 Å². The van der Waals surface area contributed by atoms with E-state index in [0.717, 1.165) is 30.2 Å². The molecule has 0 bridgehead atoms. The van der Waals surface area contributed by atoms with Crippen molar-refractivity contribution in [3.63, 3.8) is 0 Å². The predicted octanol–water partition coefficient (Wildman–Crippen LogP) is 2.77. The summed E-state index contributed by atoms with van der Waals surface area (Å²) in [5.41, 5.74) is 0.753. The molecule has 2 amide bonds. The molecule has 0 saturated carbocycles. The Kier molecular flexibility index (Phi) is 9.93. The minimum Gasteiger partial charge on any atom is -0.331 e. The molecule has 1 saturated heterocycles. The molecule has 2 N–H and O–H groups in total. The van der Waals surface area contributed by atoms with E-state index in [1.54, 1.807) is 11.8 Å². The molecule has 5 nitrogen and oxygen atoms in total. The third-order valence-electron chi connectivity index (χ3n) is 4.09. The molecule has 0 aromatic heterocycles. The van der Waals surface area contributed by atoms with Crippen LogP contribution in [-0.2, 0) is 9.59 Å². The van der Waals surface area contributed by atoms with E-state index < -0.39 is 6.04 Å². The van der Waals surface area contributed by atoms with Crippen molar-refractivity contribution in [1.29, 1.82) is 0 Å². The van der Waals surface area contributed by atoms with Gasteiger partial charge in [0, 0.05) is 42.7 Å². The number of hydrogen-bond acceptors (Lipinski definition) is 4. The minimum absolute atomic E-state index is 0. The summed E-state index contributed by atoms with van der Waals surface area (Å²) in [7, 11) is 0. The maximum Gasteiger partial charge on any atom is 0.246 e. The Hall–Kier alpha value is -1.24. The van der Waals surface area contributed by atoms with Crippen LogP contribution in [0.4, 0.5) is 5.69 Å². The van der Waals surface area contributed by atoms with E-state index in [9.17, 15) is 9.59 Å². The molecule has 2 rings (SSSR count). The van der Waals surface area contributed by atoms with Gasteiger partial charge in [0.2, 0.25) is 11.8 Å². The van der Waals surface area contributed by atoms with Crippen molar-refractivity contribution in [2.75, 3.05) is 29.9 Å². The summed E-state index contributed by atoms with van der Waals surface area (Å²) in [6.45, 7) is 5.37. The second kappa shape index (κ2) is 11.4. The average Bonchev–Trinajstić information content (AvgIpc) is 2.60. The van der Waals surface area contributed by atoms with Crippen LogP contribution in [0.1, 0.15) is 26.7 Å². The Balaban J connectivity index is 0.00000312.